The zero-order chi connectivity index (χ0) is 12.6. The highest BCUT2D eigenvalue weighted by atomic mass is 32.2. The lowest BCUT2D eigenvalue weighted by atomic mass is 10.2. The second-order valence-electron chi connectivity index (χ2n) is 4.58. The number of rotatable bonds is 3. The molecule has 0 spiro atoms. The van der Waals surface area contributed by atoms with Crippen LogP contribution in [0.1, 0.15) is 25.5 Å². The van der Waals surface area contributed by atoms with Crippen LogP contribution in [-0.2, 0) is 23.1 Å². The van der Waals surface area contributed by atoms with Crippen LogP contribution in [0.15, 0.2) is 0 Å². The second kappa shape index (κ2) is 4.38. The van der Waals surface area contributed by atoms with Gasteiger partial charge in [0.1, 0.15) is 11.6 Å². The summed E-state index contributed by atoms with van der Waals surface area (Å²) in [5, 5.41) is 8.04. The number of aromatic nitrogens is 3. The van der Waals surface area contributed by atoms with Gasteiger partial charge >= 0.3 is 0 Å². The van der Waals surface area contributed by atoms with Crippen molar-refractivity contribution in [3.05, 3.63) is 11.6 Å². The van der Waals surface area contributed by atoms with Gasteiger partial charge in [0.2, 0.25) is 10.0 Å². The van der Waals surface area contributed by atoms with E-state index in [9.17, 15) is 8.42 Å². The largest absolute Gasteiger partial charge is 0.314 e. The van der Waals surface area contributed by atoms with Gasteiger partial charge in [-0.05, 0) is 19.8 Å². The smallest absolute Gasteiger partial charge is 0.214 e. The van der Waals surface area contributed by atoms with E-state index in [1.165, 1.54) is 4.31 Å². The third kappa shape index (κ3) is 2.35. The molecule has 96 valence electrons. The van der Waals surface area contributed by atoms with Crippen molar-refractivity contribution < 1.29 is 8.42 Å². The molecule has 1 atom stereocenters. The summed E-state index contributed by atoms with van der Waals surface area (Å²) in [6, 6.07) is 0. The molecule has 6 nitrogen and oxygen atoms in total. The number of aryl methyl sites for hydroxylation is 1. The topological polar surface area (TPSA) is 68.1 Å². The van der Waals surface area contributed by atoms with Gasteiger partial charge in [0, 0.05) is 13.1 Å². The van der Waals surface area contributed by atoms with Gasteiger partial charge in [-0.2, -0.15) is 4.31 Å². The second-order valence-corrected chi connectivity index (χ2v) is 6.60. The van der Waals surface area contributed by atoms with Gasteiger partial charge in [0.15, 0.2) is 0 Å². The summed E-state index contributed by atoms with van der Waals surface area (Å²) in [5.41, 5.74) is 0. The van der Waals surface area contributed by atoms with Crippen LogP contribution >= 0.6 is 0 Å². The number of hydrogen-bond acceptors (Lipinski definition) is 4. The summed E-state index contributed by atoms with van der Waals surface area (Å²) in [4.78, 5) is 0. The van der Waals surface area contributed by atoms with Gasteiger partial charge in [-0.3, -0.25) is 0 Å². The summed E-state index contributed by atoms with van der Waals surface area (Å²) in [6.07, 6.45) is 0. The molecule has 17 heavy (non-hydrogen) atoms. The van der Waals surface area contributed by atoms with Gasteiger partial charge in [0.05, 0.1) is 12.3 Å². The molecule has 1 aromatic heterocycles. The molecule has 1 aliphatic rings. The van der Waals surface area contributed by atoms with Gasteiger partial charge in [-0.1, -0.05) is 6.92 Å². The quantitative estimate of drug-likeness (QED) is 0.786. The van der Waals surface area contributed by atoms with Crippen molar-refractivity contribution in [3.63, 3.8) is 0 Å². The van der Waals surface area contributed by atoms with Gasteiger partial charge in [-0.15, -0.1) is 10.2 Å². The molecule has 1 aromatic rings. The molecule has 1 unspecified atom stereocenters. The molecular formula is C10H18N4O2S. The van der Waals surface area contributed by atoms with Crippen LogP contribution in [0.25, 0.3) is 0 Å². The molecule has 2 heterocycles. The first-order valence-corrected chi connectivity index (χ1v) is 7.41. The monoisotopic (exact) mass is 258 g/mol. The Hall–Kier alpha value is -0.950. The van der Waals surface area contributed by atoms with Crippen molar-refractivity contribution >= 4 is 10.0 Å². The molecule has 1 saturated heterocycles. The van der Waals surface area contributed by atoms with Crippen molar-refractivity contribution in [3.8, 4) is 0 Å². The molecule has 0 radical (unpaired) electrons. The maximum absolute atomic E-state index is 11.9. The van der Waals surface area contributed by atoms with Gasteiger partial charge in [0.25, 0.3) is 0 Å². The van der Waals surface area contributed by atoms with Crippen LogP contribution in [0.4, 0.5) is 0 Å². The van der Waals surface area contributed by atoms with E-state index in [1.54, 1.807) is 0 Å². The Morgan fingerprint density at radius 1 is 1.41 bits per heavy atom. The minimum absolute atomic E-state index is 0.194. The fraction of sp³-hybridized carbons (Fsp3) is 0.800. The first-order valence-electron chi connectivity index (χ1n) is 5.80. The van der Waals surface area contributed by atoms with E-state index >= 15 is 0 Å². The van der Waals surface area contributed by atoms with E-state index in [0.717, 1.165) is 18.2 Å². The minimum atomic E-state index is -3.10. The summed E-state index contributed by atoms with van der Waals surface area (Å²) in [5.74, 6) is 1.99. The average molecular weight is 258 g/mol. The summed E-state index contributed by atoms with van der Waals surface area (Å²) in [6.45, 7) is 7.51. The third-order valence-corrected chi connectivity index (χ3v) is 5.11. The molecule has 0 bridgehead atoms. The first-order chi connectivity index (χ1) is 7.94. The molecule has 0 aliphatic carbocycles. The van der Waals surface area contributed by atoms with E-state index in [4.69, 9.17) is 0 Å². The van der Waals surface area contributed by atoms with Crippen molar-refractivity contribution in [2.45, 2.75) is 33.9 Å². The van der Waals surface area contributed by atoms with E-state index in [-0.39, 0.29) is 11.7 Å². The fourth-order valence-electron chi connectivity index (χ4n) is 2.25. The SMILES string of the molecule is CCn1c(C)nnc1CN1CC(C)CS1(=O)=O. The average Bonchev–Trinajstić information content (AvgIpc) is 2.68. The number of sulfonamides is 1. The standard InChI is InChI=1S/C10H18N4O2S/c1-4-14-9(3)11-12-10(14)6-13-5-8(2)7-17(13,15)16/h8H,4-7H2,1-3H3. The van der Waals surface area contributed by atoms with Crippen LogP contribution in [0.3, 0.4) is 0 Å². The van der Waals surface area contributed by atoms with Crippen LogP contribution in [-0.4, -0.2) is 39.8 Å². The van der Waals surface area contributed by atoms with Crippen molar-refractivity contribution in [1.29, 1.82) is 0 Å². The fourth-order valence-corrected chi connectivity index (χ4v) is 4.08. The Morgan fingerprint density at radius 3 is 2.65 bits per heavy atom. The Kier molecular flexibility index (Phi) is 3.22. The van der Waals surface area contributed by atoms with Crippen LogP contribution in [0.2, 0.25) is 0 Å². The van der Waals surface area contributed by atoms with Crippen molar-refractivity contribution in [1.82, 2.24) is 19.1 Å². The highest BCUT2D eigenvalue weighted by Gasteiger charge is 2.34. The Balaban J connectivity index is 2.21. The molecule has 0 saturated carbocycles. The highest BCUT2D eigenvalue weighted by molar-refractivity contribution is 7.89. The molecule has 0 amide bonds. The summed E-state index contributed by atoms with van der Waals surface area (Å²) >= 11 is 0. The molecule has 7 heteroatoms. The Labute approximate surface area is 102 Å². The summed E-state index contributed by atoms with van der Waals surface area (Å²) < 4.78 is 27.2. The van der Waals surface area contributed by atoms with Crippen LogP contribution in [0.5, 0.6) is 0 Å². The van der Waals surface area contributed by atoms with Gasteiger partial charge in [-0.25, -0.2) is 8.42 Å². The third-order valence-electron chi connectivity index (χ3n) is 3.05. The Bertz CT molecular complexity index is 508. The highest BCUT2D eigenvalue weighted by Crippen LogP contribution is 2.21. The van der Waals surface area contributed by atoms with E-state index < -0.39 is 10.0 Å². The molecule has 0 aromatic carbocycles. The van der Waals surface area contributed by atoms with Crippen molar-refractivity contribution in [2.24, 2.45) is 5.92 Å². The summed E-state index contributed by atoms with van der Waals surface area (Å²) in [7, 11) is -3.10. The molecular weight excluding hydrogens is 240 g/mol. The minimum Gasteiger partial charge on any atom is -0.314 e. The van der Waals surface area contributed by atoms with E-state index in [2.05, 4.69) is 10.2 Å². The molecule has 1 fully saturated rings. The lowest BCUT2D eigenvalue weighted by molar-refractivity contribution is 0.392. The lowest BCUT2D eigenvalue weighted by Crippen LogP contribution is -2.27. The first kappa shape index (κ1) is 12.5. The predicted octanol–water partition coefficient (Wildman–Crippen LogP) is 0.388. The number of nitrogens with zero attached hydrogens (tertiary/aromatic N) is 4. The number of hydrogen-bond donors (Lipinski definition) is 0. The maximum Gasteiger partial charge on any atom is 0.214 e. The van der Waals surface area contributed by atoms with Gasteiger partial charge < -0.3 is 4.57 Å². The maximum atomic E-state index is 11.9. The molecule has 2 rings (SSSR count). The van der Waals surface area contributed by atoms with E-state index in [0.29, 0.717) is 13.1 Å². The Morgan fingerprint density at radius 2 is 2.12 bits per heavy atom. The predicted molar refractivity (Wildman–Crippen MR) is 63.8 cm³/mol. The normalized spacial score (nSPS) is 24.3. The zero-order valence-electron chi connectivity index (χ0n) is 10.4. The van der Waals surface area contributed by atoms with Crippen LogP contribution in [0, 0.1) is 12.8 Å². The van der Waals surface area contributed by atoms with Crippen molar-refractivity contribution in [2.75, 3.05) is 12.3 Å². The molecule has 1 aliphatic heterocycles. The van der Waals surface area contributed by atoms with Crippen LogP contribution < -0.4 is 0 Å². The van der Waals surface area contributed by atoms with E-state index in [1.807, 2.05) is 25.3 Å². The lowest BCUT2D eigenvalue weighted by Gasteiger charge is -2.14. The molecule has 0 N–H and O–H groups in total. The zero-order valence-corrected chi connectivity index (χ0v) is 11.2.